The van der Waals surface area contributed by atoms with Gasteiger partial charge in [0.05, 0.1) is 0 Å². The number of para-hydroxylation sites is 1. The van der Waals surface area contributed by atoms with Crippen LogP contribution in [0.2, 0.25) is 0 Å². The van der Waals surface area contributed by atoms with Gasteiger partial charge >= 0.3 is 0 Å². The number of aryl methyl sites for hydroxylation is 1. The molecule has 0 saturated carbocycles. The molecule has 1 aliphatic rings. The van der Waals surface area contributed by atoms with Gasteiger partial charge in [-0.1, -0.05) is 53.6 Å². The maximum absolute atomic E-state index is 6.01. The molecular weight excluding hydrogens is 365 g/mol. The van der Waals surface area contributed by atoms with Gasteiger partial charge in [0.15, 0.2) is 6.79 Å². The van der Waals surface area contributed by atoms with E-state index in [9.17, 15) is 0 Å². The van der Waals surface area contributed by atoms with Crippen molar-refractivity contribution in [1.29, 1.82) is 0 Å². The topological polar surface area (TPSA) is 21.7 Å². The molecule has 2 aromatic rings. The zero-order valence-electron chi connectivity index (χ0n) is 18.0. The van der Waals surface area contributed by atoms with E-state index in [-0.39, 0.29) is 12.2 Å². The minimum atomic E-state index is 0.107. The first kappa shape index (κ1) is 21.1. The predicted molar refractivity (Wildman–Crippen MR) is 122 cm³/mol. The first-order valence-electron chi connectivity index (χ1n) is 10.3. The van der Waals surface area contributed by atoms with Crippen molar-refractivity contribution in [3.05, 3.63) is 47.5 Å². The van der Waals surface area contributed by atoms with Crippen molar-refractivity contribution in [1.82, 2.24) is 0 Å². The van der Waals surface area contributed by atoms with E-state index in [1.54, 1.807) is 7.11 Å². The van der Waals surface area contributed by atoms with Crippen molar-refractivity contribution >= 4 is 24.9 Å². The SMILES string of the molecule is COCOc1c(C)cc(C(C)(C)C)cc1Pc1ccccc1N1CCCCC1. The fourth-order valence-electron chi connectivity index (χ4n) is 3.74. The largest absolute Gasteiger partial charge is 0.467 e. The van der Waals surface area contributed by atoms with Crippen LogP contribution in [0.3, 0.4) is 0 Å². The van der Waals surface area contributed by atoms with Gasteiger partial charge in [-0.05, 0) is 54.9 Å². The van der Waals surface area contributed by atoms with Crippen LogP contribution >= 0.6 is 8.58 Å². The third kappa shape index (κ3) is 5.07. The van der Waals surface area contributed by atoms with E-state index < -0.39 is 0 Å². The summed E-state index contributed by atoms with van der Waals surface area (Å²) in [4.78, 5) is 2.56. The monoisotopic (exact) mass is 399 g/mol. The summed E-state index contributed by atoms with van der Waals surface area (Å²) in [6.45, 7) is 11.6. The van der Waals surface area contributed by atoms with Crippen LogP contribution < -0.4 is 20.2 Å². The molecule has 3 nitrogen and oxygen atoms in total. The van der Waals surface area contributed by atoms with Crippen molar-refractivity contribution in [2.24, 2.45) is 0 Å². The molecule has 2 aromatic carbocycles. The van der Waals surface area contributed by atoms with E-state index in [4.69, 9.17) is 9.47 Å². The fraction of sp³-hybridized carbons (Fsp3) is 0.500. The van der Waals surface area contributed by atoms with Crippen LogP contribution in [-0.2, 0) is 10.2 Å². The summed E-state index contributed by atoms with van der Waals surface area (Å²) in [6.07, 6.45) is 3.93. The van der Waals surface area contributed by atoms with Gasteiger partial charge in [0.25, 0.3) is 0 Å². The Morgan fingerprint density at radius 2 is 1.71 bits per heavy atom. The molecule has 152 valence electrons. The summed E-state index contributed by atoms with van der Waals surface area (Å²) in [5.41, 5.74) is 4.03. The van der Waals surface area contributed by atoms with Gasteiger partial charge in [-0.3, -0.25) is 0 Å². The third-order valence-electron chi connectivity index (χ3n) is 5.33. The van der Waals surface area contributed by atoms with Gasteiger partial charge in [-0.2, -0.15) is 0 Å². The highest BCUT2D eigenvalue weighted by Crippen LogP contribution is 2.32. The summed E-state index contributed by atoms with van der Waals surface area (Å²) < 4.78 is 11.2. The van der Waals surface area contributed by atoms with E-state index in [1.807, 2.05) is 0 Å². The van der Waals surface area contributed by atoms with Gasteiger partial charge < -0.3 is 14.4 Å². The minimum Gasteiger partial charge on any atom is -0.467 e. The number of nitrogens with zero attached hydrogens (tertiary/aromatic N) is 1. The van der Waals surface area contributed by atoms with Crippen molar-refractivity contribution < 1.29 is 9.47 Å². The second kappa shape index (κ2) is 9.29. The lowest BCUT2D eigenvalue weighted by molar-refractivity contribution is 0.0514. The van der Waals surface area contributed by atoms with Crippen molar-refractivity contribution in [3.8, 4) is 5.75 Å². The molecule has 4 heteroatoms. The molecule has 1 unspecified atom stereocenters. The van der Waals surface area contributed by atoms with Crippen molar-refractivity contribution in [2.75, 3.05) is 31.9 Å². The van der Waals surface area contributed by atoms with Crippen LogP contribution in [0.15, 0.2) is 36.4 Å². The molecule has 1 aliphatic heterocycles. The Bertz CT molecular complexity index is 792. The second-order valence-corrected chi connectivity index (χ2v) is 9.99. The van der Waals surface area contributed by atoms with Gasteiger partial charge in [-0.15, -0.1) is 0 Å². The molecule has 0 spiro atoms. The van der Waals surface area contributed by atoms with E-state index in [0.717, 1.165) is 18.8 Å². The minimum absolute atomic E-state index is 0.107. The quantitative estimate of drug-likeness (QED) is 0.510. The Labute approximate surface area is 172 Å². The molecule has 0 N–H and O–H groups in total. The Balaban J connectivity index is 2.00. The summed E-state index contributed by atoms with van der Waals surface area (Å²) in [7, 11) is 2.23. The Kier molecular flexibility index (Phi) is 7.01. The first-order chi connectivity index (χ1) is 13.4. The lowest BCUT2D eigenvalue weighted by Crippen LogP contribution is -2.32. The van der Waals surface area contributed by atoms with Gasteiger partial charge in [0, 0.05) is 36.5 Å². The maximum Gasteiger partial charge on any atom is 0.188 e. The molecule has 0 bridgehead atoms. The van der Waals surface area contributed by atoms with Gasteiger partial charge in [0.2, 0.25) is 0 Å². The number of anilines is 1. The Hall–Kier alpha value is -1.57. The van der Waals surface area contributed by atoms with E-state index in [0.29, 0.717) is 8.58 Å². The summed E-state index contributed by atoms with van der Waals surface area (Å²) in [5.74, 6) is 0.974. The average Bonchev–Trinajstić information content (AvgIpc) is 2.67. The molecule has 1 atom stereocenters. The average molecular weight is 400 g/mol. The second-order valence-electron chi connectivity index (χ2n) is 8.66. The van der Waals surface area contributed by atoms with Crippen LogP contribution in [0, 0.1) is 6.92 Å². The first-order valence-corrected chi connectivity index (χ1v) is 11.3. The van der Waals surface area contributed by atoms with Crippen LogP contribution in [0.5, 0.6) is 5.75 Å². The third-order valence-corrected chi connectivity index (χ3v) is 6.66. The summed E-state index contributed by atoms with van der Waals surface area (Å²) in [5, 5.41) is 2.67. The molecule has 1 heterocycles. The highest BCUT2D eigenvalue weighted by molar-refractivity contribution is 7.56. The zero-order chi connectivity index (χ0) is 20.1. The molecule has 3 rings (SSSR count). The fourth-order valence-corrected chi connectivity index (χ4v) is 5.19. The van der Waals surface area contributed by atoms with E-state index >= 15 is 0 Å². The Morgan fingerprint density at radius 1 is 1.00 bits per heavy atom. The highest BCUT2D eigenvalue weighted by atomic mass is 31.1. The number of rotatable bonds is 6. The smallest absolute Gasteiger partial charge is 0.188 e. The lowest BCUT2D eigenvalue weighted by atomic mass is 9.86. The van der Waals surface area contributed by atoms with Crippen LogP contribution in [0.4, 0.5) is 5.69 Å². The van der Waals surface area contributed by atoms with Crippen LogP contribution in [0.25, 0.3) is 0 Å². The van der Waals surface area contributed by atoms with Crippen molar-refractivity contribution in [3.63, 3.8) is 0 Å². The standard InChI is InChI=1S/C24H34NO2P/c1-18-15-19(24(2,3)4)16-22(23(18)27-17-26-5)28-21-12-8-7-11-20(21)25-13-9-6-10-14-25/h7-8,11-12,15-16,28H,6,9-10,13-14,17H2,1-5H3. The number of hydrogen-bond acceptors (Lipinski definition) is 3. The number of piperidine rings is 1. The van der Waals surface area contributed by atoms with E-state index in [1.165, 1.54) is 46.7 Å². The molecule has 1 fully saturated rings. The number of hydrogen-bond donors (Lipinski definition) is 0. The lowest BCUT2D eigenvalue weighted by Gasteiger charge is -2.31. The Morgan fingerprint density at radius 3 is 2.39 bits per heavy atom. The van der Waals surface area contributed by atoms with Crippen molar-refractivity contribution in [2.45, 2.75) is 52.4 Å². The highest BCUT2D eigenvalue weighted by Gasteiger charge is 2.20. The summed E-state index contributed by atoms with van der Waals surface area (Å²) in [6, 6.07) is 13.5. The molecular formula is C24H34NO2P. The van der Waals surface area contributed by atoms with Gasteiger partial charge in [0.1, 0.15) is 5.75 Å². The molecule has 0 aromatic heterocycles. The predicted octanol–water partition coefficient (Wildman–Crippen LogP) is 4.89. The normalized spacial score (nSPS) is 15.4. The molecule has 0 radical (unpaired) electrons. The molecule has 28 heavy (non-hydrogen) atoms. The van der Waals surface area contributed by atoms with Crippen LogP contribution in [0.1, 0.15) is 51.2 Å². The number of benzene rings is 2. The molecule has 0 aliphatic carbocycles. The number of methoxy groups -OCH3 is 1. The zero-order valence-corrected chi connectivity index (χ0v) is 19.0. The molecule has 1 saturated heterocycles. The number of ether oxygens (including phenoxy) is 2. The molecule has 0 amide bonds. The maximum atomic E-state index is 6.01. The van der Waals surface area contributed by atoms with Gasteiger partial charge in [-0.25, -0.2) is 0 Å². The van der Waals surface area contributed by atoms with E-state index in [2.05, 4.69) is 69.0 Å². The van der Waals surface area contributed by atoms with Crippen LogP contribution in [-0.4, -0.2) is 27.0 Å². The summed E-state index contributed by atoms with van der Waals surface area (Å²) >= 11 is 0.